The van der Waals surface area contributed by atoms with Gasteiger partial charge in [-0.2, -0.15) is 0 Å². The van der Waals surface area contributed by atoms with E-state index >= 15 is 0 Å². The van der Waals surface area contributed by atoms with Crippen LogP contribution in [0.3, 0.4) is 0 Å². The SMILES string of the molecule is COc1ccc2c(=O)cc(CN)oc2c1.Cl. The molecule has 0 unspecified atom stereocenters. The Hall–Kier alpha value is -1.52. The van der Waals surface area contributed by atoms with Crippen molar-refractivity contribution in [2.45, 2.75) is 6.54 Å². The molecule has 0 aliphatic rings. The number of halogens is 1. The Bertz CT molecular complexity index is 545. The van der Waals surface area contributed by atoms with Crippen LogP contribution in [0.25, 0.3) is 11.0 Å². The second-order valence-electron chi connectivity index (χ2n) is 3.14. The van der Waals surface area contributed by atoms with E-state index in [9.17, 15) is 4.79 Å². The lowest BCUT2D eigenvalue weighted by atomic mass is 10.2. The van der Waals surface area contributed by atoms with E-state index in [0.717, 1.165) is 0 Å². The largest absolute Gasteiger partial charge is 0.497 e. The van der Waals surface area contributed by atoms with Gasteiger partial charge in [-0.25, -0.2) is 0 Å². The quantitative estimate of drug-likeness (QED) is 0.869. The Morgan fingerprint density at radius 2 is 2.12 bits per heavy atom. The Labute approximate surface area is 98.4 Å². The van der Waals surface area contributed by atoms with E-state index in [0.29, 0.717) is 22.5 Å². The molecule has 0 fully saturated rings. The Morgan fingerprint density at radius 3 is 2.75 bits per heavy atom. The molecule has 0 spiro atoms. The van der Waals surface area contributed by atoms with Crippen molar-refractivity contribution in [2.24, 2.45) is 5.73 Å². The Morgan fingerprint density at radius 1 is 1.38 bits per heavy atom. The van der Waals surface area contributed by atoms with Crippen LogP contribution in [0.2, 0.25) is 0 Å². The molecule has 0 saturated carbocycles. The summed E-state index contributed by atoms with van der Waals surface area (Å²) in [6, 6.07) is 6.49. The minimum Gasteiger partial charge on any atom is -0.497 e. The number of nitrogens with two attached hydrogens (primary N) is 1. The van der Waals surface area contributed by atoms with E-state index in [-0.39, 0.29) is 24.4 Å². The van der Waals surface area contributed by atoms with Crippen LogP contribution in [-0.4, -0.2) is 7.11 Å². The lowest BCUT2D eigenvalue weighted by Gasteiger charge is -2.02. The second-order valence-corrected chi connectivity index (χ2v) is 3.14. The van der Waals surface area contributed by atoms with Crippen molar-refractivity contribution in [3.63, 3.8) is 0 Å². The summed E-state index contributed by atoms with van der Waals surface area (Å²) in [5.74, 6) is 1.13. The molecule has 1 aromatic carbocycles. The molecule has 0 saturated heterocycles. The highest BCUT2D eigenvalue weighted by Gasteiger charge is 2.04. The van der Waals surface area contributed by atoms with E-state index in [1.807, 2.05) is 0 Å². The third kappa shape index (κ3) is 2.18. The van der Waals surface area contributed by atoms with Gasteiger partial charge in [-0.05, 0) is 12.1 Å². The van der Waals surface area contributed by atoms with Crippen LogP contribution in [0.4, 0.5) is 0 Å². The summed E-state index contributed by atoms with van der Waals surface area (Å²) in [7, 11) is 1.56. The molecule has 86 valence electrons. The summed E-state index contributed by atoms with van der Waals surface area (Å²) >= 11 is 0. The fourth-order valence-corrected chi connectivity index (χ4v) is 1.41. The standard InChI is InChI=1S/C11H11NO3.ClH/c1-14-7-2-3-9-10(13)4-8(6-12)15-11(9)5-7;/h2-5H,6,12H2,1H3;1H. The molecule has 2 N–H and O–H groups in total. The molecule has 0 radical (unpaired) electrons. The third-order valence-electron chi connectivity index (χ3n) is 2.19. The fourth-order valence-electron chi connectivity index (χ4n) is 1.41. The van der Waals surface area contributed by atoms with Gasteiger partial charge in [-0.1, -0.05) is 0 Å². The number of hydrogen-bond acceptors (Lipinski definition) is 4. The predicted molar refractivity (Wildman–Crippen MR) is 64.2 cm³/mol. The Balaban J connectivity index is 0.00000128. The topological polar surface area (TPSA) is 65.5 Å². The zero-order chi connectivity index (χ0) is 10.8. The first-order valence-corrected chi connectivity index (χ1v) is 4.55. The maximum absolute atomic E-state index is 11.6. The van der Waals surface area contributed by atoms with Gasteiger partial charge in [-0.3, -0.25) is 4.79 Å². The van der Waals surface area contributed by atoms with Crippen molar-refractivity contribution in [2.75, 3.05) is 7.11 Å². The highest BCUT2D eigenvalue weighted by molar-refractivity contribution is 5.85. The molecule has 2 rings (SSSR count). The smallest absolute Gasteiger partial charge is 0.193 e. The average molecular weight is 242 g/mol. The zero-order valence-electron chi connectivity index (χ0n) is 8.73. The first-order valence-electron chi connectivity index (χ1n) is 4.55. The lowest BCUT2D eigenvalue weighted by Crippen LogP contribution is -2.05. The van der Waals surface area contributed by atoms with E-state index in [2.05, 4.69) is 0 Å². The number of methoxy groups -OCH3 is 1. The summed E-state index contributed by atoms with van der Waals surface area (Å²) in [5, 5.41) is 0.535. The molecule has 0 amide bonds. The molecule has 2 aromatic rings. The van der Waals surface area contributed by atoms with Gasteiger partial charge in [-0.15, -0.1) is 12.4 Å². The molecule has 0 bridgehead atoms. The van der Waals surface area contributed by atoms with Crippen LogP contribution in [0.1, 0.15) is 5.76 Å². The number of fused-ring (bicyclic) bond motifs is 1. The second kappa shape index (κ2) is 5.01. The Kier molecular flexibility index (Phi) is 3.93. The van der Waals surface area contributed by atoms with Crippen LogP contribution in [0.5, 0.6) is 5.75 Å². The molecular formula is C11H12ClNO3. The van der Waals surface area contributed by atoms with Crippen LogP contribution in [0, 0.1) is 0 Å². The molecule has 16 heavy (non-hydrogen) atoms. The minimum atomic E-state index is -0.0839. The molecule has 1 heterocycles. The fraction of sp³-hybridized carbons (Fsp3) is 0.182. The van der Waals surface area contributed by atoms with E-state index < -0.39 is 0 Å². The maximum atomic E-state index is 11.6. The molecule has 4 nitrogen and oxygen atoms in total. The van der Waals surface area contributed by atoms with E-state index in [1.165, 1.54) is 6.07 Å². The number of hydrogen-bond donors (Lipinski definition) is 1. The van der Waals surface area contributed by atoms with Crippen LogP contribution in [0.15, 0.2) is 33.5 Å². The van der Waals surface area contributed by atoms with Crippen molar-refractivity contribution >= 4 is 23.4 Å². The molecule has 0 aliphatic carbocycles. The molecular weight excluding hydrogens is 230 g/mol. The number of ether oxygens (including phenoxy) is 1. The zero-order valence-corrected chi connectivity index (χ0v) is 9.54. The van der Waals surface area contributed by atoms with Crippen molar-refractivity contribution in [1.82, 2.24) is 0 Å². The molecule has 0 atom stereocenters. The average Bonchev–Trinajstić information content (AvgIpc) is 2.28. The number of rotatable bonds is 2. The van der Waals surface area contributed by atoms with Gasteiger partial charge in [0.2, 0.25) is 0 Å². The van der Waals surface area contributed by atoms with Gasteiger partial charge in [0.1, 0.15) is 17.1 Å². The summed E-state index contributed by atoms with van der Waals surface area (Å²) in [4.78, 5) is 11.6. The highest BCUT2D eigenvalue weighted by atomic mass is 35.5. The summed E-state index contributed by atoms with van der Waals surface area (Å²) in [6.07, 6.45) is 0. The van der Waals surface area contributed by atoms with Crippen molar-refractivity contribution in [3.05, 3.63) is 40.2 Å². The normalized spacial score (nSPS) is 9.88. The first kappa shape index (κ1) is 12.5. The monoisotopic (exact) mass is 241 g/mol. The van der Waals surface area contributed by atoms with Crippen LogP contribution >= 0.6 is 12.4 Å². The van der Waals surface area contributed by atoms with Crippen LogP contribution in [-0.2, 0) is 6.54 Å². The summed E-state index contributed by atoms with van der Waals surface area (Å²) < 4.78 is 10.5. The van der Waals surface area contributed by atoms with Gasteiger partial charge in [0.15, 0.2) is 5.43 Å². The van der Waals surface area contributed by atoms with Crippen molar-refractivity contribution in [1.29, 1.82) is 0 Å². The highest BCUT2D eigenvalue weighted by Crippen LogP contribution is 2.18. The minimum absolute atomic E-state index is 0. The first-order chi connectivity index (χ1) is 7.24. The molecule has 0 aliphatic heterocycles. The van der Waals surface area contributed by atoms with Crippen LogP contribution < -0.4 is 15.9 Å². The third-order valence-corrected chi connectivity index (χ3v) is 2.19. The van der Waals surface area contributed by atoms with Gasteiger partial charge < -0.3 is 14.9 Å². The van der Waals surface area contributed by atoms with E-state index in [1.54, 1.807) is 25.3 Å². The van der Waals surface area contributed by atoms with Gasteiger partial charge in [0.25, 0.3) is 0 Å². The molecule has 1 aromatic heterocycles. The lowest BCUT2D eigenvalue weighted by molar-refractivity contribution is 0.414. The van der Waals surface area contributed by atoms with Crippen molar-refractivity contribution < 1.29 is 9.15 Å². The van der Waals surface area contributed by atoms with Crippen molar-refractivity contribution in [3.8, 4) is 5.75 Å². The number of benzene rings is 1. The predicted octanol–water partition coefficient (Wildman–Crippen LogP) is 1.68. The summed E-state index contributed by atoms with van der Waals surface area (Å²) in [6.45, 7) is 0.211. The van der Waals surface area contributed by atoms with Gasteiger partial charge >= 0.3 is 0 Å². The van der Waals surface area contributed by atoms with Gasteiger partial charge in [0.05, 0.1) is 19.0 Å². The summed E-state index contributed by atoms with van der Waals surface area (Å²) in [5.41, 5.74) is 5.83. The molecule has 5 heteroatoms. The van der Waals surface area contributed by atoms with Gasteiger partial charge in [0, 0.05) is 12.1 Å². The van der Waals surface area contributed by atoms with E-state index in [4.69, 9.17) is 14.9 Å². The maximum Gasteiger partial charge on any atom is 0.193 e.